The molecule has 0 bridgehead atoms. The van der Waals surface area contributed by atoms with E-state index in [0.29, 0.717) is 26.7 Å². The zero-order valence-electron chi connectivity index (χ0n) is 8.94. The molecule has 0 saturated heterocycles. The van der Waals surface area contributed by atoms with Crippen molar-refractivity contribution in [3.05, 3.63) is 52.0 Å². The number of imidazole rings is 1. The molecule has 0 saturated carbocycles. The van der Waals surface area contributed by atoms with Crippen molar-refractivity contribution in [1.29, 1.82) is 0 Å². The summed E-state index contributed by atoms with van der Waals surface area (Å²) in [5.74, 6) is 0. The summed E-state index contributed by atoms with van der Waals surface area (Å²) in [5, 5.41) is 1.37. The van der Waals surface area contributed by atoms with Gasteiger partial charge in [0, 0.05) is 11.8 Å². The van der Waals surface area contributed by atoms with Crippen LogP contribution in [0.2, 0.25) is 15.3 Å². The van der Waals surface area contributed by atoms with Crippen LogP contribution in [0.5, 0.6) is 0 Å². The fourth-order valence-electron chi connectivity index (χ4n) is 1.72. The SMILES string of the molecule is Clc1ccccc1-c1cn2c(Cl)cnc2c(Cl)n1. The number of rotatable bonds is 1. The van der Waals surface area contributed by atoms with Gasteiger partial charge in [-0.05, 0) is 6.07 Å². The lowest BCUT2D eigenvalue weighted by Gasteiger charge is -2.05. The summed E-state index contributed by atoms with van der Waals surface area (Å²) in [6.07, 6.45) is 3.29. The van der Waals surface area contributed by atoms with Gasteiger partial charge in [-0.2, -0.15) is 0 Å². The smallest absolute Gasteiger partial charge is 0.176 e. The average Bonchev–Trinajstić information content (AvgIpc) is 2.72. The van der Waals surface area contributed by atoms with E-state index < -0.39 is 0 Å². The van der Waals surface area contributed by atoms with E-state index >= 15 is 0 Å². The van der Waals surface area contributed by atoms with Gasteiger partial charge in [-0.3, -0.25) is 4.40 Å². The summed E-state index contributed by atoms with van der Waals surface area (Å²) < 4.78 is 1.68. The largest absolute Gasteiger partial charge is 0.286 e. The van der Waals surface area contributed by atoms with E-state index in [1.165, 1.54) is 6.20 Å². The van der Waals surface area contributed by atoms with Crippen LogP contribution in [0.1, 0.15) is 0 Å². The average molecular weight is 299 g/mol. The molecule has 0 amide bonds. The number of aromatic nitrogens is 3. The van der Waals surface area contributed by atoms with E-state index in [1.54, 1.807) is 16.7 Å². The van der Waals surface area contributed by atoms with E-state index in [9.17, 15) is 0 Å². The Hall–Kier alpha value is -1.29. The van der Waals surface area contributed by atoms with Crippen LogP contribution in [0.15, 0.2) is 36.7 Å². The minimum Gasteiger partial charge on any atom is -0.286 e. The normalized spacial score (nSPS) is 11.1. The molecule has 0 aliphatic rings. The molecule has 18 heavy (non-hydrogen) atoms. The van der Waals surface area contributed by atoms with Crippen LogP contribution >= 0.6 is 34.8 Å². The first kappa shape index (κ1) is 11.8. The second-order valence-corrected chi connectivity index (χ2v) is 4.82. The molecule has 2 aromatic heterocycles. The van der Waals surface area contributed by atoms with Gasteiger partial charge in [0.2, 0.25) is 0 Å². The van der Waals surface area contributed by atoms with E-state index in [1.807, 2.05) is 18.2 Å². The van der Waals surface area contributed by atoms with Crippen LogP contribution in [0.25, 0.3) is 16.9 Å². The number of hydrogen-bond donors (Lipinski definition) is 0. The molecule has 0 unspecified atom stereocenters. The molecular weight excluding hydrogens is 293 g/mol. The van der Waals surface area contributed by atoms with E-state index in [0.717, 1.165) is 5.56 Å². The molecule has 0 atom stereocenters. The first-order valence-electron chi connectivity index (χ1n) is 5.11. The Labute approximate surface area is 118 Å². The summed E-state index contributed by atoms with van der Waals surface area (Å²) in [6.45, 7) is 0. The van der Waals surface area contributed by atoms with E-state index in [-0.39, 0.29) is 0 Å². The van der Waals surface area contributed by atoms with Crippen LogP contribution in [-0.4, -0.2) is 14.4 Å². The van der Waals surface area contributed by atoms with Gasteiger partial charge in [-0.1, -0.05) is 53.0 Å². The predicted octanol–water partition coefficient (Wildman–Crippen LogP) is 4.36. The molecule has 3 aromatic rings. The molecule has 1 aromatic carbocycles. The molecule has 2 heterocycles. The Kier molecular flexibility index (Phi) is 2.90. The van der Waals surface area contributed by atoms with Gasteiger partial charge in [0.1, 0.15) is 5.15 Å². The predicted molar refractivity (Wildman–Crippen MR) is 73.5 cm³/mol. The lowest BCUT2D eigenvalue weighted by atomic mass is 10.1. The van der Waals surface area contributed by atoms with Crippen LogP contribution in [0.4, 0.5) is 0 Å². The summed E-state index contributed by atoms with van der Waals surface area (Å²) >= 11 is 18.2. The molecule has 6 heteroatoms. The van der Waals surface area contributed by atoms with Crippen LogP contribution in [0, 0.1) is 0 Å². The Bertz CT molecular complexity index is 737. The molecule has 3 rings (SSSR count). The van der Waals surface area contributed by atoms with Crippen molar-refractivity contribution in [2.75, 3.05) is 0 Å². The fraction of sp³-hybridized carbons (Fsp3) is 0. The van der Waals surface area contributed by atoms with Gasteiger partial charge in [0.25, 0.3) is 0 Å². The number of fused-ring (bicyclic) bond motifs is 1. The van der Waals surface area contributed by atoms with Gasteiger partial charge in [-0.15, -0.1) is 0 Å². The Morgan fingerprint density at radius 2 is 1.83 bits per heavy atom. The van der Waals surface area contributed by atoms with Crippen molar-refractivity contribution >= 4 is 40.4 Å². The van der Waals surface area contributed by atoms with Crippen molar-refractivity contribution in [2.24, 2.45) is 0 Å². The minimum absolute atomic E-state index is 0.291. The van der Waals surface area contributed by atoms with Crippen molar-refractivity contribution in [3.63, 3.8) is 0 Å². The molecule has 0 fully saturated rings. The highest BCUT2D eigenvalue weighted by Crippen LogP contribution is 2.29. The third-order valence-electron chi connectivity index (χ3n) is 2.56. The summed E-state index contributed by atoms with van der Waals surface area (Å²) in [4.78, 5) is 8.36. The quantitative estimate of drug-likeness (QED) is 0.668. The van der Waals surface area contributed by atoms with Crippen molar-refractivity contribution in [2.45, 2.75) is 0 Å². The van der Waals surface area contributed by atoms with Crippen molar-refractivity contribution < 1.29 is 0 Å². The van der Waals surface area contributed by atoms with Gasteiger partial charge < -0.3 is 0 Å². The van der Waals surface area contributed by atoms with Gasteiger partial charge in [-0.25, -0.2) is 9.97 Å². The lowest BCUT2D eigenvalue weighted by Crippen LogP contribution is -1.93. The third-order valence-corrected chi connectivity index (χ3v) is 3.42. The Balaban J connectivity index is 2.31. The zero-order valence-corrected chi connectivity index (χ0v) is 11.2. The highest BCUT2D eigenvalue weighted by molar-refractivity contribution is 6.34. The maximum Gasteiger partial charge on any atom is 0.176 e. The molecule has 90 valence electrons. The van der Waals surface area contributed by atoms with Crippen LogP contribution in [0.3, 0.4) is 0 Å². The van der Waals surface area contributed by atoms with Crippen molar-refractivity contribution in [1.82, 2.24) is 14.4 Å². The van der Waals surface area contributed by atoms with Gasteiger partial charge >= 0.3 is 0 Å². The first-order valence-corrected chi connectivity index (χ1v) is 6.24. The Morgan fingerprint density at radius 1 is 1.06 bits per heavy atom. The summed E-state index contributed by atoms with van der Waals surface area (Å²) in [7, 11) is 0. The fourth-order valence-corrected chi connectivity index (χ4v) is 2.36. The Morgan fingerprint density at radius 3 is 2.61 bits per heavy atom. The highest BCUT2D eigenvalue weighted by atomic mass is 35.5. The third kappa shape index (κ3) is 1.85. The molecule has 0 aliphatic carbocycles. The van der Waals surface area contributed by atoms with E-state index in [4.69, 9.17) is 34.8 Å². The second kappa shape index (κ2) is 4.43. The lowest BCUT2D eigenvalue weighted by molar-refractivity contribution is 1.13. The van der Waals surface area contributed by atoms with E-state index in [2.05, 4.69) is 9.97 Å². The monoisotopic (exact) mass is 297 g/mol. The maximum absolute atomic E-state index is 6.14. The number of halogens is 3. The number of hydrogen-bond acceptors (Lipinski definition) is 2. The molecule has 0 spiro atoms. The molecule has 0 N–H and O–H groups in total. The van der Waals surface area contributed by atoms with Crippen molar-refractivity contribution in [3.8, 4) is 11.3 Å². The zero-order chi connectivity index (χ0) is 12.7. The van der Waals surface area contributed by atoms with Gasteiger partial charge in [0.05, 0.1) is 16.9 Å². The minimum atomic E-state index is 0.291. The summed E-state index contributed by atoms with van der Waals surface area (Å²) in [6, 6.07) is 7.41. The topological polar surface area (TPSA) is 30.2 Å². The number of nitrogens with zero attached hydrogens (tertiary/aromatic N) is 3. The second-order valence-electron chi connectivity index (χ2n) is 3.67. The molecule has 3 nitrogen and oxygen atoms in total. The molecular formula is C12H6Cl3N3. The van der Waals surface area contributed by atoms with Crippen LogP contribution in [-0.2, 0) is 0 Å². The highest BCUT2D eigenvalue weighted by Gasteiger charge is 2.11. The van der Waals surface area contributed by atoms with Crippen LogP contribution < -0.4 is 0 Å². The molecule has 0 radical (unpaired) electrons. The maximum atomic E-state index is 6.14. The molecule has 0 aliphatic heterocycles. The summed E-state index contributed by atoms with van der Waals surface area (Å²) in [5.41, 5.74) is 1.98. The standard InChI is InChI=1S/C12H6Cl3N3/c13-8-4-2-1-3-7(8)9-6-18-10(14)5-16-12(18)11(15)17-9/h1-6H. The number of benzene rings is 1. The first-order chi connectivity index (χ1) is 8.66. The van der Waals surface area contributed by atoms with Gasteiger partial charge in [0.15, 0.2) is 10.8 Å².